The molecule has 3 amide bonds. The molecule has 0 heterocycles. The molecule has 1 aliphatic rings. The van der Waals surface area contributed by atoms with Crippen LogP contribution in [0.5, 0.6) is 0 Å². The molecule has 1 aliphatic carbocycles. The van der Waals surface area contributed by atoms with Gasteiger partial charge >= 0.3 is 6.03 Å². The first-order valence-corrected chi connectivity index (χ1v) is 7.69. The molecule has 4 N–H and O–H groups in total. The Hall–Kier alpha value is -2.89. The first-order chi connectivity index (χ1) is 11.5. The van der Waals surface area contributed by atoms with E-state index in [4.69, 9.17) is 5.73 Å². The van der Waals surface area contributed by atoms with Crippen LogP contribution >= 0.6 is 0 Å². The van der Waals surface area contributed by atoms with Crippen molar-refractivity contribution in [3.8, 4) is 0 Å². The lowest BCUT2D eigenvalue weighted by Crippen LogP contribution is -2.34. The lowest BCUT2D eigenvalue weighted by atomic mass is 9.95. The van der Waals surface area contributed by atoms with Gasteiger partial charge in [-0.2, -0.15) is 0 Å². The second-order valence-corrected chi connectivity index (χ2v) is 5.96. The Morgan fingerprint density at radius 1 is 1.04 bits per heavy atom. The molecule has 124 valence electrons. The van der Waals surface area contributed by atoms with E-state index < -0.39 is 11.4 Å². The summed E-state index contributed by atoms with van der Waals surface area (Å²) in [5.41, 5.74) is 6.88. The molecule has 0 aromatic heterocycles. The molecule has 5 nitrogen and oxygen atoms in total. The van der Waals surface area contributed by atoms with E-state index >= 15 is 0 Å². The average Bonchev–Trinajstić information content (AvgIpc) is 3.36. The third-order valence-corrected chi connectivity index (χ3v) is 4.26. The van der Waals surface area contributed by atoms with Crippen LogP contribution in [0.2, 0.25) is 0 Å². The third-order valence-electron chi connectivity index (χ3n) is 4.26. The maximum absolute atomic E-state index is 13.0. The van der Waals surface area contributed by atoms with Crippen molar-refractivity contribution >= 4 is 17.6 Å². The predicted molar refractivity (Wildman–Crippen MR) is 88.8 cm³/mol. The highest BCUT2D eigenvalue weighted by Gasteiger charge is 2.51. The maximum Gasteiger partial charge on any atom is 0.316 e. The molecule has 0 saturated heterocycles. The van der Waals surface area contributed by atoms with Crippen molar-refractivity contribution in [2.45, 2.75) is 24.8 Å². The first-order valence-electron chi connectivity index (χ1n) is 7.69. The number of carbonyl (C=O) groups excluding carboxylic acids is 2. The van der Waals surface area contributed by atoms with E-state index in [1.807, 2.05) is 12.1 Å². The minimum Gasteiger partial charge on any atom is -0.351 e. The molecule has 24 heavy (non-hydrogen) atoms. The minimum absolute atomic E-state index is 0.0477. The Bertz CT molecular complexity index is 753. The summed E-state index contributed by atoms with van der Waals surface area (Å²) >= 11 is 0. The van der Waals surface area contributed by atoms with Gasteiger partial charge in [0.15, 0.2) is 0 Å². The van der Waals surface area contributed by atoms with Gasteiger partial charge in [-0.1, -0.05) is 24.3 Å². The van der Waals surface area contributed by atoms with Crippen molar-refractivity contribution in [2.24, 2.45) is 5.73 Å². The lowest BCUT2D eigenvalue weighted by Gasteiger charge is -2.16. The van der Waals surface area contributed by atoms with Crippen LogP contribution in [0.1, 0.15) is 24.0 Å². The molecule has 3 rings (SSSR count). The number of amides is 3. The van der Waals surface area contributed by atoms with Gasteiger partial charge in [0.25, 0.3) is 0 Å². The van der Waals surface area contributed by atoms with E-state index in [2.05, 4.69) is 10.6 Å². The Kier molecular flexibility index (Phi) is 4.20. The second-order valence-electron chi connectivity index (χ2n) is 5.96. The van der Waals surface area contributed by atoms with E-state index in [0.29, 0.717) is 12.2 Å². The van der Waals surface area contributed by atoms with Gasteiger partial charge in [-0.05, 0) is 48.2 Å². The summed E-state index contributed by atoms with van der Waals surface area (Å²) in [6.07, 6.45) is 1.54. The van der Waals surface area contributed by atoms with Crippen LogP contribution in [0.4, 0.5) is 14.9 Å². The van der Waals surface area contributed by atoms with E-state index in [9.17, 15) is 14.0 Å². The van der Waals surface area contributed by atoms with E-state index in [1.54, 1.807) is 24.3 Å². The van der Waals surface area contributed by atoms with E-state index in [-0.39, 0.29) is 11.7 Å². The molecule has 1 saturated carbocycles. The number of rotatable bonds is 5. The fraction of sp³-hybridized carbons (Fsp3) is 0.222. The smallest absolute Gasteiger partial charge is 0.316 e. The van der Waals surface area contributed by atoms with Crippen molar-refractivity contribution in [1.82, 2.24) is 5.32 Å². The molecule has 0 atom stereocenters. The van der Waals surface area contributed by atoms with E-state index in [0.717, 1.165) is 24.0 Å². The Morgan fingerprint density at radius 2 is 1.67 bits per heavy atom. The highest BCUT2D eigenvalue weighted by molar-refractivity contribution is 5.91. The maximum atomic E-state index is 13.0. The number of urea groups is 1. The van der Waals surface area contributed by atoms with Crippen molar-refractivity contribution in [3.63, 3.8) is 0 Å². The van der Waals surface area contributed by atoms with Crippen molar-refractivity contribution < 1.29 is 14.0 Å². The summed E-state index contributed by atoms with van der Waals surface area (Å²) < 4.78 is 13.0. The van der Waals surface area contributed by atoms with Crippen LogP contribution in [0.3, 0.4) is 0 Å². The van der Waals surface area contributed by atoms with Crippen LogP contribution in [-0.2, 0) is 16.8 Å². The lowest BCUT2D eigenvalue weighted by molar-refractivity contribution is -0.123. The summed E-state index contributed by atoms with van der Waals surface area (Å²) in [7, 11) is 0. The van der Waals surface area contributed by atoms with Crippen LogP contribution in [0, 0.1) is 5.82 Å². The van der Waals surface area contributed by atoms with Gasteiger partial charge in [0.1, 0.15) is 5.82 Å². The zero-order valence-corrected chi connectivity index (χ0v) is 13.0. The number of nitrogens with one attached hydrogen (secondary N) is 2. The van der Waals surface area contributed by atoms with Crippen LogP contribution in [0.15, 0.2) is 48.5 Å². The normalized spacial score (nSPS) is 14.7. The average molecular weight is 327 g/mol. The molecule has 0 unspecified atom stereocenters. The quantitative estimate of drug-likeness (QED) is 0.789. The Morgan fingerprint density at radius 3 is 2.21 bits per heavy atom. The van der Waals surface area contributed by atoms with Gasteiger partial charge in [0.05, 0.1) is 5.41 Å². The third kappa shape index (κ3) is 3.37. The van der Waals surface area contributed by atoms with Crippen molar-refractivity contribution in [2.75, 3.05) is 5.32 Å². The molecule has 1 fully saturated rings. The van der Waals surface area contributed by atoms with Crippen LogP contribution in [0.25, 0.3) is 0 Å². The van der Waals surface area contributed by atoms with E-state index in [1.165, 1.54) is 12.1 Å². The summed E-state index contributed by atoms with van der Waals surface area (Å²) in [6, 6.07) is 12.6. The SMILES string of the molecule is NC(=O)Nc1ccc(CNC(=O)C2(c3ccc(F)cc3)CC2)cc1. The fourth-order valence-electron chi connectivity index (χ4n) is 2.74. The van der Waals surface area contributed by atoms with Gasteiger partial charge in [-0.15, -0.1) is 0 Å². The summed E-state index contributed by atoms with van der Waals surface area (Å²) in [6.45, 7) is 0.388. The topological polar surface area (TPSA) is 84.2 Å². The molecule has 2 aromatic carbocycles. The van der Waals surface area contributed by atoms with Gasteiger partial charge in [-0.25, -0.2) is 9.18 Å². The van der Waals surface area contributed by atoms with Gasteiger partial charge in [-0.3, -0.25) is 4.79 Å². The summed E-state index contributed by atoms with van der Waals surface area (Å²) in [5, 5.41) is 5.41. The molecule has 0 radical (unpaired) electrons. The standard InChI is InChI=1S/C18H18FN3O2/c19-14-5-3-13(4-6-14)18(9-10-18)16(23)21-11-12-1-7-15(8-2-12)22-17(20)24/h1-8H,9-11H2,(H,21,23)(H3,20,22,24). The number of hydrogen-bond donors (Lipinski definition) is 3. The van der Waals surface area contributed by atoms with Gasteiger partial charge < -0.3 is 16.4 Å². The Balaban J connectivity index is 1.61. The highest BCUT2D eigenvalue weighted by Crippen LogP contribution is 2.48. The van der Waals surface area contributed by atoms with Crippen molar-refractivity contribution in [3.05, 3.63) is 65.5 Å². The summed E-state index contributed by atoms with van der Waals surface area (Å²) in [5.74, 6) is -0.354. The zero-order valence-electron chi connectivity index (χ0n) is 13.0. The number of hydrogen-bond acceptors (Lipinski definition) is 2. The van der Waals surface area contributed by atoms with Gasteiger partial charge in [0, 0.05) is 12.2 Å². The van der Waals surface area contributed by atoms with Crippen molar-refractivity contribution in [1.29, 1.82) is 0 Å². The monoisotopic (exact) mass is 327 g/mol. The number of benzene rings is 2. The number of carbonyl (C=O) groups is 2. The van der Waals surface area contributed by atoms with Gasteiger partial charge in [0.2, 0.25) is 5.91 Å². The summed E-state index contributed by atoms with van der Waals surface area (Å²) in [4.78, 5) is 23.3. The number of nitrogens with two attached hydrogens (primary N) is 1. The number of halogens is 1. The highest BCUT2D eigenvalue weighted by atomic mass is 19.1. The molecule has 0 bridgehead atoms. The molecular formula is C18H18FN3O2. The fourth-order valence-corrected chi connectivity index (χ4v) is 2.74. The predicted octanol–water partition coefficient (Wildman–Crippen LogP) is 2.66. The molecular weight excluding hydrogens is 309 g/mol. The van der Waals surface area contributed by atoms with Crippen LogP contribution in [-0.4, -0.2) is 11.9 Å². The molecule has 0 spiro atoms. The molecule has 2 aromatic rings. The minimum atomic E-state index is -0.619. The molecule has 6 heteroatoms. The largest absolute Gasteiger partial charge is 0.351 e. The number of anilines is 1. The molecule has 0 aliphatic heterocycles. The Labute approximate surface area is 139 Å². The van der Waals surface area contributed by atoms with Crippen LogP contribution < -0.4 is 16.4 Å². The first kappa shape index (κ1) is 16.0. The zero-order chi connectivity index (χ0) is 17.2. The number of primary amides is 1. The second kappa shape index (κ2) is 6.31.